The molecule has 0 bridgehead atoms. The third kappa shape index (κ3) is 5.80. The maximum Gasteiger partial charge on any atom is 0.319 e. The topological polar surface area (TPSA) is 71.5 Å². The van der Waals surface area contributed by atoms with Crippen LogP contribution < -0.4 is 5.32 Å². The number of aromatic nitrogens is 1. The van der Waals surface area contributed by atoms with E-state index in [9.17, 15) is 9.59 Å². The Labute approximate surface area is 120 Å². The first-order valence-electron chi connectivity index (χ1n) is 5.75. The van der Waals surface area contributed by atoms with Crippen LogP contribution in [0.3, 0.4) is 0 Å². The van der Waals surface area contributed by atoms with Gasteiger partial charge in [0.15, 0.2) is 0 Å². The number of likely N-dealkylation sites (N-methyl/N-ethyl adjacent to an activating group) is 1. The van der Waals surface area contributed by atoms with Crippen LogP contribution in [-0.2, 0) is 14.3 Å². The number of hydrogen-bond donors (Lipinski definition) is 1. The molecule has 0 spiro atoms. The number of halogens is 1. The Bertz CT molecular complexity index is 436. The summed E-state index contributed by atoms with van der Waals surface area (Å²) in [7, 11) is 1.32. The molecule has 104 valence electrons. The van der Waals surface area contributed by atoms with Crippen molar-refractivity contribution < 1.29 is 14.3 Å². The van der Waals surface area contributed by atoms with E-state index in [2.05, 4.69) is 31.0 Å². The molecule has 0 aromatic carbocycles. The third-order valence-electron chi connectivity index (χ3n) is 2.39. The van der Waals surface area contributed by atoms with Gasteiger partial charge in [-0.2, -0.15) is 0 Å². The predicted octanol–water partition coefficient (Wildman–Crippen LogP) is 1.28. The van der Waals surface area contributed by atoms with Crippen LogP contribution in [0.2, 0.25) is 0 Å². The Morgan fingerprint density at radius 1 is 1.42 bits per heavy atom. The van der Waals surface area contributed by atoms with Crippen LogP contribution in [0.25, 0.3) is 0 Å². The van der Waals surface area contributed by atoms with Crippen LogP contribution in [0.15, 0.2) is 22.8 Å². The molecule has 1 aromatic rings. The SMILES string of the molecule is CCN(CC(=O)Nc1ccc(Br)cn1)CC(=O)OC. The van der Waals surface area contributed by atoms with E-state index >= 15 is 0 Å². The summed E-state index contributed by atoms with van der Waals surface area (Å²) in [5.41, 5.74) is 0. The van der Waals surface area contributed by atoms with Gasteiger partial charge >= 0.3 is 5.97 Å². The van der Waals surface area contributed by atoms with Gasteiger partial charge in [0, 0.05) is 10.7 Å². The smallest absolute Gasteiger partial charge is 0.319 e. The Balaban J connectivity index is 2.49. The summed E-state index contributed by atoms with van der Waals surface area (Å²) >= 11 is 3.26. The zero-order valence-corrected chi connectivity index (χ0v) is 12.4. The fourth-order valence-electron chi connectivity index (χ4n) is 1.36. The first-order valence-corrected chi connectivity index (χ1v) is 6.55. The molecule has 1 rings (SSSR count). The molecule has 1 aromatic heterocycles. The second-order valence-corrected chi connectivity index (χ2v) is 4.70. The molecule has 1 N–H and O–H groups in total. The van der Waals surface area contributed by atoms with Crippen molar-refractivity contribution in [2.24, 2.45) is 0 Å². The predicted molar refractivity (Wildman–Crippen MR) is 74.7 cm³/mol. The van der Waals surface area contributed by atoms with Gasteiger partial charge in [0.25, 0.3) is 0 Å². The van der Waals surface area contributed by atoms with Crippen LogP contribution in [0.1, 0.15) is 6.92 Å². The molecule has 6 nitrogen and oxygen atoms in total. The van der Waals surface area contributed by atoms with Gasteiger partial charge in [-0.25, -0.2) is 4.98 Å². The summed E-state index contributed by atoms with van der Waals surface area (Å²) in [4.78, 5) is 28.6. The van der Waals surface area contributed by atoms with Gasteiger partial charge in [0.1, 0.15) is 5.82 Å². The molecule has 0 aliphatic carbocycles. The lowest BCUT2D eigenvalue weighted by Gasteiger charge is -2.17. The number of anilines is 1. The molecule has 0 aliphatic rings. The van der Waals surface area contributed by atoms with Gasteiger partial charge in [0.05, 0.1) is 20.2 Å². The van der Waals surface area contributed by atoms with Gasteiger partial charge in [-0.15, -0.1) is 0 Å². The van der Waals surface area contributed by atoms with E-state index in [-0.39, 0.29) is 25.0 Å². The molecule has 7 heteroatoms. The number of nitrogens with one attached hydrogen (secondary N) is 1. The van der Waals surface area contributed by atoms with Crippen molar-refractivity contribution >= 4 is 33.6 Å². The second-order valence-electron chi connectivity index (χ2n) is 3.79. The van der Waals surface area contributed by atoms with Crippen molar-refractivity contribution in [1.82, 2.24) is 9.88 Å². The maximum atomic E-state index is 11.8. The molecular formula is C12H16BrN3O3. The Hall–Kier alpha value is -1.47. The molecule has 1 heterocycles. The van der Waals surface area contributed by atoms with Crippen molar-refractivity contribution in [2.75, 3.05) is 32.1 Å². The van der Waals surface area contributed by atoms with Crippen molar-refractivity contribution in [3.05, 3.63) is 22.8 Å². The standard InChI is InChI=1S/C12H16BrN3O3/c1-3-16(8-12(18)19-2)7-11(17)15-10-5-4-9(13)6-14-10/h4-6H,3,7-8H2,1-2H3,(H,14,15,17). The molecule has 0 fully saturated rings. The Kier molecular flexibility index (Phi) is 6.44. The lowest BCUT2D eigenvalue weighted by Crippen LogP contribution is -2.37. The third-order valence-corrected chi connectivity index (χ3v) is 2.86. The molecule has 0 saturated heterocycles. The van der Waals surface area contributed by atoms with Gasteiger partial charge in [-0.1, -0.05) is 6.92 Å². The average Bonchev–Trinajstić information content (AvgIpc) is 2.40. The molecule has 1 amide bonds. The summed E-state index contributed by atoms with van der Waals surface area (Å²) in [5.74, 6) is -0.112. The van der Waals surface area contributed by atoms with E-state index in [1.165, 1.54) is 7.11 Å². The van der Waals surface area contributed by atoms with E-state index < -0.39 is 0 Å². The van der Waals surface area contributed by atoms with E-state index in [4.69, 9.17) is 0 Å². The van der Waals surface area contributed by atoms with Crippen LogP contribution >= 0.6 is 15.9 Å². The van der Waals surface area contributed by atoms with E-state index in [0.29, 0.717) is 12.4 Å². The zero-order chi connectivity index (χ0) is 14.3. The maximum absolute atomic E-state index is 11.8. The second kappa shape index (κ2) is 7.85. The summed E-state index contributed by atoms with van der Waals surface area (Å²) in [6.45, 7) is 2.65. The highest BCUT2D eigenvalue weighted by atomic mass is 79.9. The molecule has 19 heavy (non-hydrogen) atoms. The minimum atomic E-state index is -0.364. The molecule has 0 unspecified atom stereocenters. The molecule has 0 radical (unpaired) electrons. The van der Waals surface area contributed by atoms with E-state index in [1.54, 1.807) is 23.2 Å². The first kappa shape index (κ1) is 15.6. The normalized spacial score (nSPS) is 10.3. The minimum absolute atomic E-state index is 0.0915. The lowest BCUT2D eigenvalue weighted by atomic mass is 10.4. The number of carbonyl (C=O) groups is 2. The van der Waals surface area contributed by atoms with Gasteiger partial charge < -0.3 is 10.1 Å². The monoisotopic (exact) mass is 329 g/mol. The number of esters is 1. The van der Waals surface area contributed by atoms with Crippen molar-refractivity contribution in [1.29, 1.82) is 0 Å². The Morgan fingerprint density at radius 2 is 2.16 bits per heavy atom. The van der Waals surface area contributed by atoms with Crippen molar-refractivity contribution in [3.8, 4) is 0 Å². The van der Waals surface area contributed by atoms with Crippen molar-refractivity contribution in [2.45, 2.75) is 6.92 Å². The summed E-state index contributed by atoms with van der Waals surface area (Å²) in [6.07, 6.45) is 1.60. The highest BCUT2D eigenvalue weighted by Gasteiger charge is 2.13. The molecule has 0 saturated carbocycles. The van der Waals surface area contributed by atoms with Crippen LogP contribution in [0, 0.1) is 0 Å². The van der Waals surface area contributed by atoms with Crippen LogP contribution in [0.5, 0.6) is 0 Å². The number of methoxy groups -OCH3 is 1. The number of ether oxygens (including phenoxy) is 1. The fourth-order valence-corrected chi connectivity index (χ4v) is 1.60. The van der Waals surface area contributed by atoms with Crippen LogP contribution in [0.4, 0.5) is 5.82 Å². The van der Waals surface area contributed by atoms with Crippen molar-refractivity contribution in [3.63, 3.8) is 0 Å². The fraction of sp³-hybridized carbons (Fsp3) is 0.417. The summed E-state index contributed by atoms with van der Waals surface area (Å²) < 4.78 is 5.40. The molecular weight excluding hydrogens is 314 g/mol. The Morgan fingerprint density at radius 3 is 2.68 bits per heavy atom. The highest BCUT2D eigenvalue weighted by molar-refractivity contribution is 9.10. The van der Waals surface area contributed by atoms with Crippen LogP contribution in [-0.4, -0.2) is 48.5 Å². The number of rotatable bonds is 6. The average molecular weight is 330 g/mol. The first-order chi connectivity index (χ1) is 9.05. The molecule has 0 aliphatic heterocycles. The minimum Gasteiger partial charge on any atom is -0.468 e. The van der Waals surface area contributed by atoms with Gasteiger partial charge in [-0.05, 0) is 34.6 Å². The quantitative estimate of drug-likeness (QED) is 0.796. The number of hydrogen-bond acceptors (Lipinski definition) is 5. The largest absolute Gasteiger partial charge is 0.468 e. The van der Waals surface area contributed by atoms with E-state index in [1.807, 2.05) is 6.92 Å². The van der Waals surface area contributed by atoms with E-state index in [0.717, 1.165) is 4.47 Å². The molecule has 0 atom stereocenters. The summed E-state index contributed by atoms with van der Waals surface area (Å²) in [6, 6.07) is 3.48. The number of carbonyl (C=O) groups excluding carboxylic acids is 2. The van der Waals surface area contributed by atoms with Gasteiger partial charge in [-0.3, -0.25) is 14.5 Å². The number of pyridine rings is 1. The number of nitrogens with zero attached hydrogens (tertiary/aromatic N) is 2. The zero-order valence-electron chi connectivity index (χ0n) is 10.9. The lowest BCUT2D eigenvalue weighted by molar-refractivity contribution is -0.142. The van der Waals surface area contributed by atoms with Gasteiger partial charge in [0.2, 0.25) is 5.91 Å². The number of amides is 1. The summed E-state index contributed by atoms with van der Waals surface area (Å²) in [5, 5.41) is 2.66. The highest BCUT2D eigenvalue weighted by Crippen LogP contribution is 2.10.